The van der Waals surface area contributed by atoms with Crippen molar-refractivity contribution in [3.8, 4) is 5.75 Å². The van der Waals surface area contributed by atoms with Gasteiger partial charge in [-0.2, -0.15) is 0 Å². The van der Waals surface area contributed by atoms with Gasteiger partial charge in [0.15, 0.2) is 0 Å². The quantitative estimate of drug-likeness (QED) is 0.774. The Kier molecular flexibility index (Phi) is 3.36. The molecule has 1 amide bonds. The summed E-state index contributed by atoms with van der Waals surface area (Å²) in [6, 6.07) is 14.6. The number of rotatable bonds is 3. The van der Waals surface area contributed by atoms with E-state index in [0.29, 0.717) is 12.1 Å². The van der Waals surface area contributed by atoms with E-state index < -0.39 is 0 Å². The monoisotopic (exact) mass is 280 g/mol. The van der Waals surface area contributed by atoms with Gasteiger partial charge in [0.2, 0.25) is 5.91 Å². The van der Waals surface area contributed by atoms with Crippen LogP contribution < -0.4 is 5.32 Å². The zero-order valence-corrected chi connectivity index (χ0v) is 11.7. The van der Waals surface area contributed by atoms with E-state index in [1.54, 1.807) is 18.2 Å². The highest BCUT2D eigenvalue weighted by atomic mass is 16.3. The number of phenols is 1. The zero-order chi connectivity index (χ0) is 14.8. The van der Waals surface area contributed by atoms with Crippen molar-refractivity contribution in [2.75, 3.05) is 5.32 Å². The van der Waals surface area contributed by atoms with Crippen molar-refractivity contribution in [1.82, 2.24) is 4.57 Å². The van der Waals surface area contributed by atoms with Gasteiger partial charge in [-0.25, -0.2) is 0 Å². The lowest BCUT2D eigenvalue weighted by Gasteiger charge is -2.05. The Morgan fingerprint density at radius 3 is 2.81 bits per heavy atom. The van der Waals surface area contributed by atoms with Crippen molar-refractivity contribution < 1.29 is 9.90 Å². The summed E-state index contributed by atoms with van der Waals surface area (Å²) in [6.45, 7) is 0. The van der Waals surface area contributed by atoms with E-state index in [4.69, 9.17) is 0 Å². The number of carbonyl (C=O) groups is 1. The summed E-state index contributed by atoms with van der Waals surface area (Å²) in [5, 5.41) is 13.3. The molecule has 0 aliphatic rings. The number of anilines is 1. The third-order valence-corrected chi connectivity index (χ3v) is 3.46. The van der Waals surface area contributed by atoms with E-state index in [1.165, 1.54) is 6.07 Å². The fourth-order valence-corrected chi connectivity index (χ4v) is 2.53. The Hall–Kier alpha value is -2.75. The highest BCUT2D eigenvalue weighted by molar-refractivity contribution is 5.96. The smallest absolute Gasteiger partial charge is 0.228 e. The second-order valence-electron chi connectivity index (χ2n) is 5.06. The van der Waals surface area contributed by atoms with Crippen molar-refractivity contribution in [3.05, 3.63) is 60.3 Å². The summed E-state index contributed by atoms with van der Waals surface area (Å²) in [5.41, 5.74) is 2.70. The summed E-state index contributed by atoms with van der Waals surface area (Å²) in [5.74, 6) is 0.0370. The second kappa shape index (κ2) is 5.32. The van der Waals surface area contributed by atoms with Crippen LogP contribution in [0.4, 0.5) is 5.69 Å². The number of nitrogens with one attached hydrogen (secondary N) is 1. The van der Waals surface area contributed by atoms with Crippen LogP contribution in [-0.2, 0) is 18.3 Å². The Balaban J connectivity index is 1.80. The molecule has 106 valence electrons. The maximum atomic E-state index is 12.1. The molecule has 21 heavy (non-hydrogen) atoms. The minimum atomic E-state index is -0.100. The van der Waals surface area contributed by atoms with Crippen LogP contribution in [0.5, 0.6) is 5.75 Å². The standard InChI is InChI=1S/C17H16N2O2/c1-19-11-12(15-7-2-3-8-16(15)19)9-17(21)18-13-5-4-6-14(20)10-13/h2-8,10-11,20H,9H2,1H3,(H,18,21). The minimum absolute atomic E-state index is 0.100. The third-order valence-electron chi connectivity index (χ3n) is 3.46. The molecule has 2 N–H and O–H groups in total. The molecule has 4 nitrogen and oxygen atoms in total. The van der Waals surface area contributed by atoms with Gasteiger partial charge in [0.05, 0.1) is 6.42 Å². The molecule has 3 aromatic rings. The molecule has 1 aromatic heterocycles. The molecule has 0 aliphatic heterocycles. The molecule has 0 spiro atoms. The predicted octanol–water partition coefficient (Wildman–Crippen LogP) is 3.07. The number of hydrogen-bond donors (Lipinski definition) is 2. The SMILES string of the molecule is Cn1cc(CC(=O)Nc2cccc(O)c2)c2ccccc21. The van der Waals surface area contributed by atoms with Crippen molar-refractivity contribution >= 4 is 22.5 Å². The van der Waals surface area contributed by atoms with Gasteiger partial charge in [0.25, 0.3) is 0 Å². The molecule has 0 radical (unpaired) electrons. The first-order chi connectivity index (χ1) is 10.1. The first-order valence-electron chi connectivity index (χ1n) is 6.75. The van der Waals surface area contributed by atoms with Gasteiger partial charge in [-0.05, 0) is 23.8 Å². The van der Waals surface area contributed by atoms with Crippen molar-refractivity contribution in [2.45, 2.75) is 6.42 Å². The number of benzene rings is 2. The lowest BCUT2D eigenvalue weighted by molar-refractivity contribution is -0.115. The maximum Gasteiger partial charge on any atom is 0.228 e. The maximum absolute atomic E-state index is 12.1. The molecule has 2 aromatic carbocycles. The summed E-state index contributed by atoms with van der Waals surface area (Å²) in [6.07, 6.45) is 2.28. The van der Waals surface area contributed by atoms with Gasteiger partial charge in [-0.1, -0.05) is 24.3 Å². The molecule has 0 unspecified atom stereocenters. The van der Waals surface area contributed by atoms with Gasteiger partial charge in [-0.15, -0.1) is 0 Å². The highest BCUT2D eigenvalue weighted by Gasteiger charge is 2.10. The fraction of sp³-hybridized carbons (Fsp3) is 0.118. The van der Waals surface area contributed by atoms with Crippen LogP contribution >= 0.6 is 0 Å². The molecule has 0 saturated carbocycles. The van der Waals surface area contributed by atoms with E-state index >= 15 is 0 Å². The van der Waals surface area contributed by atoms with Gasteiger partial charge in [0.1, 0.15) is 5.75 Å². The van der Waals surface area contributed by atoms with Crippen molar-refractivity contribution in [3.63, 3.8) is 0 Å². The van der Waals surface area contributed by atoms with E-state index in [9.17, 15) is 9.90 Å². The van der Waals surface area contributed by atoms with Gasteiger partial charge in [-0.3, -0.25) is 4.79 Å². The zero-order valence-electron chi connectivity index (χ0n) is 11.7. The lowest BCUT2D eigenvalue weighted by atomic mass is 10.1. The molecule has 1 heterocycles. The predicted molar refractivity (Wildman–Crippen MR) is 83.4 cm³/mol. The van der Waals surface area contributed by atoms with Crippen LogP contribution in [0.1, 0.15) is 5.56 Å². The van der Waals surface area contributed by atoms with Crippen molar-refractivity contribution in [1.29, 1.82) is 0 Å². The molecule has 0 bridgehead atoms. The molecule has 4 heteroatoms. The molecule has 0 aliphatic carbocycles. The first-order valence-corrected chi connectivity index (χ1v) is 6.75. The minimum Gasteiger partial charge on any atom is -0.508 e. The Morgan fingerprint density at radius 2 is 2.00 bits per heavy atom. The van der Waals surface area contributed by atoms with Gasteiger partial charge in [0, 0.05) is 35.9 Å². The summed E-state index contributed by atoms with van der Waals surface area (Å²) < 4.78 is 2.02. The number of aromatic nitrogens is 1. The topological polar surface area (TPSA) is 54.3 Å². The van der Waals surface area contributed by atoms with E-state index in [-0.39, 0.29) is 11.7 Å². The highest BCUT2D eigenvalue weighted by Crippen LogP contribution is 2.21. The van der Waals surface area contributed by atoms with Crippen LogP contribution in [-0.4, -0.2) is 15.6 Å². The average Bonchev–Trinajstić information content (AvgIpc) is 2.76. The summed E-state index contributed by atoms with van der Waals surface area (Å²) in [4.78, 5) is 12.1. The number of carbonyl (C=O) groups excluding carboxylic acids is 1. The largest absolute Gasteiger partial charge is 0.508 e. The number of aromatic hydroxyl groups is 1. The number of nitrogens with zero attached hydrogens (tertiary/aromatic N) is 1. The van der Waals surface area contributed by atoms with Gasteiger partial charge < -0.3 is 15.0 Å². The van der Waals surface area contributed by atoms with Crippen LogP contribution in [0.25, 0.3) is 10.9 Å². The van der Waals surface area contributed by atoms with Crippen molar-refractivity contribution in [2.24, 2.45) is 7.05 Å². The molecular weight excluding hydrogens is 264 g/mol. The Bertz CT molecular complexity index is 805. The third kappa shape index (κ3) is 2.74. The molecule has 0 fully saturated rings. The molecule has 3 rings (SSSR count). The van der Waals surface area contributed by atoms with E-state index in [0.717, 1.165) is 16.5 Å². The van der Waals surface area contributed by atoms with E-state index in [2.05, 4.69) is 5.32 Å². The van der Waals surface area contributed by atoms with Crippen LogP contribution in [0.3, 0.4) is 0 Å². The van der Waals surface area contributed by atoms with E-state index in [1.807, 2.05) is 42.1 Å². The molecular formula is C17H16N2O2. The molecule has 0 atom stereocenters. The van der Waals surface area contributed by atoms with Crippen LogP contribution in [0.15, 0.2) is 54.7 Å². The molecule has 0 saturated heterocycles. The first kappa shape index (κ1) is 13.2. The average molecular weight is 280 g/mol. The van der Waals surface area contributed by atoms with Gasteiger partial charge >= 0.3 is 0 Å². The normalized spacial score (nSPS) is 10.7. The fourth-order valence-electron chi connectivity index (χ4n) is 2.53. The number of aryl methyl sites for hydroxylation is 1. The Morgan fingerprint density at radius 1 is 1.19 bits per heavy atom. The number of para-hydroxylation sites is 1. The summed E-state index contributed by atoms with van der Waals surface area (Å²) >= 11 is 0. The number of amides is 1. The summed E-state index contributed by atoms with van der Waals surface area (Å²) in [7, 11) is 1.97. The Labute approximate surface area is 122 Å². The lowest BCUT2D eigenvalue weighted by Crippen LogP contribution is -2.14. The number of phenolic OH excluding ortho intramolecular Hbond substituents is 1. The van der Waals surface area contributed by atoms with Crippen LogP contribution in [0.2, 0.25) is 0 Å². The van der Waals surface area contributed by atoms with Crippen LogP contribution in [0, 0.1) is 0 Å². The number of fused-ring (bicyclic) bond motifs is 1. The number of hydrogen-bond acceptors (Lipinski definition) is 2. The second-order valence-corrected chi connectivity index (χ2v) is 5.06.